The van der Waals surface area contributed by atoms with E-state index < -0.39 is 23.7 Å². The number of aliphatic hydroxyl groups is 1. The van der Waals surface area contributed by atoms with Crippen LogP contribution in [0.15, 0.2) is 17.5 Å². The van der Waals surface area contributed by atoms with E-state index in [2.05, 4.69) is 4.31 Å². The number of carbonyl (C=O) groups excluding carboxylic acids is 2. The third-order valence-electron chi connectivity index (χ3n) is 6.62. The SMILES string of the molecule is Cc1cc(C(=O)N2CCC(O)(CF)CC2)cc(C)c1/C=C/SN1CCC(N)(C(N)=O)CC1. The van der Waals surface area contributed by atoms with Gasteiger partial charge in [-0.15, -0.1) is 0 Å². The molecule has 2 aliphatic rings. The number of nitrogens with zero attached hydrogens (tertiary/aromatic N) is 2. The molecule has 2 amide bonds. The Morgan fingerprint density at radius 2 is 1.69 bits per heavy atom. The van der Waals surface area contributed by atoms with Crippen LogP contribution in [-0.4, -0.2) is 70.1 Å². The number of carbonyl (C=O) groups is 2. The molecule has 2 heterocycles. The molecular weight excluding hydrogens is 431 g/mol. The van der Waals surface area contributed by atoms with Gasteiger partial charge in [-0.1, -0.05) is 11.9 Å². The summed E-state index contributed by atoms with van der Waals surface area (Å²) in [5.74, 6) is -0.531. The van der Waals surface area contributed by atoms with Crippen LogP contribution < -0.4 is 11.5 Å². The Labute approximate surface area is 193 Å². The zero-order valence-corrected chi connectivity index (χ0v) is 19.6. The van der Waals surface area contributed by atoms with Gasteiger partial charge in [0.05, 0.1) is 11.1 Å². The summed E-state index contributed by atoms with van der Waals surface area (Å²) < 4.78 is 15.1. The van der Waals surface area contributed by atoms with Crippen molar-refractivity contribution in [2.45, 2.75) is 50.7 Å². The molecule has 7 nitrogen and oxygen atoms in total. The van der Waals surface area contributed by atoms with E-state index in [4.69, 9.17) is 11.5 Å². The lowest BCUT2D eigenvalue weighted by Crippen LogP contribution is -2.57. The summed E-state index contributed by atoms with van der Waals surface area (Å²) in [6.45, 7) is 5.25. The zero-order valence-electron chi connectivity index (χ0n) is 18.8. The molecule has 0 bridgehead atoms. The van der Waals surface area contributed by atoms with Crippen molar-refractivity contribution in [3.8, 4) is 0 Å². The lowest BCUT2D eigenvalue weighted by Gasteiger charge is -2.36. The Balaban J connectivity index is 1.60. The lowest BCUT2D eigenvalue weighted by molar-refractivity contribution is -0.124. The Morgan fingerprint density at radius 1 is 1.12 bits per heavy atom. The third kappa shape index (κ3) is 5.51. The van der Waals surface area contributed by atoms with Gasteiger partial charge in [-0.05, 0) is 79.8 Å². The Bertz CT molecular complexity index is 868. The third-order valence-corrected chi connectivity index (χ3v) is 7.54. The van der Waals surface area contributed by atoms with E-state index >= 15 is 0 Å². The van der Waals surface area contributed by atoms with E-state index in [1.165, 1.54) is 0 Å². The summed E-state index contributed by atoms with van der Waals surface area (Å²) in [6.07, 6.45) is 3.62. The summed E-state index contributed by atoms with van der Waals surface area (Å²) >= 11 is 1.57. The largest absolute Gasteiger partial charge is 0.387 e. The summed E-state index contributed by atoms with van der Waals surface area (Å²) in [4.78, 5) is 26.1. The fraction of sp³-hybridized carbons (Fsp3) is 0.565. The lowest BCUT2D eigenvalue weighted by atomic mass is 9.89. The number of benzene rings is 1. The number of primary amides is 1. The first-order valence-electron chi connectivity index (χ1n) is 10.9. The van der Waals surface area contributed by atoms with Crippen molar-refractivity contribution in [2.24, 2.45) is 11.5 Å². The maximum absolute atomic E-state index is 13.0. The summed E-state index contributed by atoms with van der Waals surface area (Å²) in [6, 6.07) is 3.76. The van der Waals surface area contributed by atoms with E-state index in [9.17, 15) is 19.1 Å². The standard InChI is InChI=1S/C23H33FN4O3S/c1-16-13-18(20(29)27-8-4-22(31,15-24)5-9-27)14-17(2)19(16)3-12-32-28-10-6-23(26,7-11-28)21(25)30/h3,12-14,31H,4-11,15,26H2,1-2H3,(H2,25,30)/b12-3+. The topological polar surface area (TPSA) is 113 Å². The van der Waals surface area contributed by atoms with Crippen LogP contribution in [0.3, 0.4) is 0 Å². The van der Waals surface area contributed by atoms with Crippen molar-refractivity contribution in [3.63, 3.8) is 0 Å². The van der Waals surface area contributed by atoms with Gasteiger partial charge < -0.3 is 21.5 Å². The second kappa shape index (κ2) is 9.91. The van der Waals surface area contributed by atoms with Crippen molar-refractivity contribution in [3.05, 3.63) is 39.8 Å². The maximum Gasteiger partial charge on any atom is 0.253 e. The highest BCUT2D eigenvalue weighted by molar-refractivity contribution is 8.00. The molecule has 176 valence electrons. The van der Waals surface area contributed by atoms with E-state index in [1.54, 1.807) is 16.8 Å². The number of hydrogen-bond donors (Lipinski definition) is 3. The van der Waals surface area contributed by atoms with Crippen LogP contribution in [0.5, 0.6) is 0 Å². The monoisotopic (exact) mass is 464 g/mol. The van der Waals surface area contributed by atoms with Gasteiger partial charge in [-0.25, -0.2) is 8.70 Å². The first kappa shape index (κ1) is 24.7. The average molecular weight is 465 g/mol. The zero-order chi connectivity index (χ0) is 23.5. The molecule has 0 aromatic heterocycles. The van der Waals surface area contributed by atoms with Crippen LogP contribution in [0.1, 0.15) is 52.7 Å². The van der Waals surface area contributed by atoms with E-state index in [-0.39, 0.29) is 18.7 Å². The second-order valence-electron chi connectivity index (χ2n) is 9.03. The molecule has 0 radical (unpaired) electrons. The molecule has 9 heteroatoms. The van der Waals surface area contributed by atoms with E-state index in [0.29, 0.717) is 44.6 Å². The number of likely N-dealkylation sites (tertiary alicyclic amines) is 1. The molecular formula is C23H33FN4O3S. The van der Waals surface area contributed by atoms with Crippen LogP contribution in [-0.2, 0) is 4.79 Å². The summed E-state index contributed by atoms with van der Waals surface area (Å²) in [5.41, 5.74) is 12.9. The van der Waals surface area contributed by atoms with Gasteiger partial charge in [0.2, 0.25) is 5.91 Å². The number of rotatable bonds is 6. The van der Waals surface area contributed by atoms with Crippen LogP contribution in [0.2, 0.25) is 0 Å². The fourth-order valence-electron chi connectivity index (χ4n) is 4.22. The van der Waals surface area contributed by atoms with Crippen LogP contribution >= 0.6 is 11.9 Å². The normalized spacial score (nSPS) is 21.1. The molecule has 5 N–H and O–H groups in total. The molecule has 0 saturated carbocycles. The minimum Gasteiger partial charge on any atom is -0.387 e. The number of amides is 2. The number of alkyl halides is 1. The van der Waals surface area contributed by atoms with Crippen LogP contribution in [0.25, 0.3) is 6.08 Å². The van der Waals surface area contributed by atoms with Crippen LogP contribution in [0, 0.1) is 13.8 Å². The highest BCUT2D eigenvalue weighted by Gasteiger charge is 2.36. The molecule has 0 unspecified atom stereocenters. The van der Waals surface area contributed by atoms with Gasteiger partial charge in [0, 0.05) is 31.7 Å². The number of piperidine rings is 2. The van der Waals surface area contributed by atoms with Gasteiger partial charge >= 0.3 is 0 Å². The van der Waals surface area contributed by atoms with Gasteiger partial charge in [-0.3, -0.25) is 9.59 Å². The molecule has 0 atom stereocenters. The van der Waals surface area contributed by atoms with Gasteiger partial charge in [0.15, 0.2) is 0 Å². The highest BCUT2D eigenvalue weighted by Crippen LogP contribution is 2.28. The number of halogens is 1. The summed E-state index contributed by atoms with van der Waals surface area (Å²) in [7, 11) is 0. The van der Waals surface area contributed by atoms with Crippen molar-refractivity contribution in [2.75, 3.05) is 32.9 Å². The van der Waals surface area contributed by atoms with Crippen molar-refractivity contribution in [1.82, 2.24) is 9.21 Å². The van der Waals surface area contributed by atoms with E-state index in [0.717, 1.165) is 16.7 Å². The van der Waals surface area contributed by atoms with Crippen molar-refractivity contribution >= 4 is 29.8 Å². The molecule has 32 heavy (non-hydrogen) atoms. The Hall–Kier alpha value is -1.94. The first-order chi connectivity index (χ1) is 15.1. The van der Waals surface area contributed by atoms with Gasteiger partial charge in [0.1, 0.15) is 6.67 Å². The number of aryl methyl sites for hydroxylation is 2. The Kier molecular flexibility index (Phi) is 7.65. The molecule has 2 fully saturated rings. The molecule has 0 aliphatic carbocycles. The van der Waals surface area contributed by atoms with Gasteiger partial charge in [0.25, 0.3) is 5.91 Å². The average Bonchev–Trinajstić information content (AvgIpc) is 2.76. The second-order valence-corrected chi connectivity index (χ2v) is 10.0. The molecule has 0 spiro atoms. The quantitative estimate of drug-likeness (QED) is 0.556. The van der Waals surface area contributed by atoms with E-state index in [1.807, 2.05) is 37.5 Å². The Morgan fingerprint density at radius 3 is 2.19 bits per heavy atom. The van der Waals surface area contributed by atoms with Gasteiger partial charge in [-0.2, -0.15) is 0 Å². The maximum atomic E-state index is 13.0. The molecule has 1 aromatic rings. The fourth-order valence-corrected chi connectivity index (χ4v) is 4.99. The van der Waals surface area contributed by atoms with Crippen molar-refractivity contribution in [1.29, 1.82) is 0 Å². The molecule has 2 saturated heterocycles. The molecule has 1 aromatic carbocycles. The molecule has 3 rings (SSSR count). The number of nitrogens with two attached hydrogens (primary N) is 2. The predicted octanol–water partition coefficient (Wildman–Crippen LogP) is 2.14. The minimum atomic E-state index is -1.30. The van der Waals surface area contributed by atoms with Crippen LogP contribution in [0.4, 0.5) is 4.39 Å². The summed E-state index contributed by atoms with van der Waals surface area (Å²) in [5, 5.41) is 12.1. The first-order valence-corrected chi connectivity index (χ1v) is 11.8. The number of hydrogen-bond acceptors (Lipinski definition) is 6. The van der Waals surface area contributed by atoms with Crippen molar-refractivity contribution < 1.29 is 19.1 Å². The molecule has 2 aliphatic heterocycles. The highest BCUT2D eigenvalue weighted by atomic mass is 32.2. The smallest absolute Gasteiger partial charge is 0.253 e. The minimum absolute atomic E-state index is 0.0879. The predicted molar refractivity (Wildman–Crippen MR) is 126 cm³/mol.